The molecule has 0 radical (unpaired) electrons. The lowest BCUT2D eigenvalue weighted by Gasteiger charge is -2.05. The summed E-state index contributed by atoms with van der Waals surface area (Å²) in [4.78, 5) is 23.5. The first-order valence-electron chi connectivity index (χ1n) is 7.91. The van der Waals surface area contributed by atoms with Crippen LogP contribution in [0.4, 0.5) is 0 Å². The number of hydrogen-bond acceptors (Lipinski definition) is 2. The summed E-state index contributed by atoms with van der Waals surface area (Å²) in [5.74, 6) is 0.472. The van der Waals surface area contributed by atoms with Crippen LogP contribution in [0.25, 0.3) is 6.08 Å². The van der Waals surface area contributed by atoms with Crippen molar-refractivity contribution >= 4 is 17.9 Å². The standard InChI is InChI=1S/C18H24N2O2/c1-13(2)11-12-19-17(21)10-5-14-3-6-15(7-4-14)18(22)20-16-8-9-16/h3-7,10,13,16H,8-9,11-12H2,1-2H3,(H,19,21)(H,20,22). The Morgan fingerprint density at radius 2 is 1.91 bits per heavy atom. The molecule has 0 bridgehead atoms. The van der Waals surface area contributed by atoms with Gasteiger partial charge in [-0.3, -0.25) is 9.59 Å². The van der Waals surface area contributed by atoms with Crippen molar-refractivity contribution in [3.63, 3.8) is 0 Å². The molecule has 1 aliphatic carbocycles. The Balaban J connectivity index is 1.80. The molecule has 2 amide bonds. The predicted octanol–water partition coefficient (Wildman–Crippen LogP) is 2.75. The maximum Gasteiger partial charge on any atom is 0.251 e. The van der Waals surface area contributed by atoms with Crippen molar-refractivity contribution < 1.29 is 9.59 Å². The van der Waals surface area contributed by atoms with Gasteiger partial charge in [0.15, 0.2) is 0 Å². The highest BCUT2D eigenvalue weighted by atomic mass is 16.2. The molecule has 4 heteroatoms. The summed E-state index contributed by atoms with van der Waals surface area (Å²) >= 11 is 0. The molecule has 2 N–H and O–H groups in total. The van der Waals surface area contributed by atoms with Gasteiger partial charge in [0.1, 0.15) is 0 Å². The Morgan fingerprint density at radius 1 is 1.23 bits per heavy atom. The van der Waals surface area contributed by atoms with E-state index in [2.05, 4.69) is 24.5 Å². The van der Waals surface area contributed by atoms with Gasteiger partial charge < -0.3 is 10.6 Å². The summed E-state index contributed by atoms with van der Waals surface area (Å²) in [6, 6.07) is 7.63. The van der Waals surface area contributed by atoms with Crippen LogP contribution < -0.4 is 10.6 Å². The van der Waals surface area contributed by atoms with Gasteiger partial charge in [0.05, 0.1) is 0 Å². The molecular weight excluding hydrogens is 276 g/mol. The molecule has 0 spiro atoms. The second kappa shape index (κ2) is 7.78. The quantitative estimate of drug-likeness (QED) is 0.761. The third kappa shape index (κ3) is 5.72. The molecule has 1 aromatic carbocycles. The summed E-state index contributed by atoms with van der Waals surface area (Å²) in [5.41, 5.74) is 1.56. The summed E-state index contributed by atoms with van der Waals surface area (Å²) < 4.78 is 0. The minimum atomic E-state index is -0.0868. The number of carbonyl (C=O) groups is 2. The lowest BCUT2D eigenvalue weighted by atomic mass is 10.1. The van der Waals surface area contributed by atoms with Crippen LogP contribution in [0.2, 0.25) is 0 Å². The first kappa shape index (κ1) is 16.3. The SMILES string of the molecule is CC(C)CCNC(=O)C=Cc1ccc(C(=O)NC2CC2)cc1. The molecule has 0 saturated heterocycles. The topological polar surface area (TPSA) is 58.2 Å². The van der Waals surface area contributed by atoms with Crippen molar-refractivity contribution in [2.75, 3.05) is 6.54 Å². The van der Waals surface area contributed by atoms with Crippen molar-refractivity contribution in [1.82, 2.24) is 10.6 Å². The monoisotopic (exact) mass is 300 g/mol. The predicted molar refractivity (Wildman–Crippen MR) is 88.4 cm³/mol. The highest BCUT2D eigenvalue weighted by Crippen LogP contribution is 2.19. The zero-order valence-electron chi connectivity index (χ0n) is 13.3. The average molecular weight is 300 g/mol. The average Bonchev–Trinajstić information content (AvgIpc) is 3.29. The smallest absolute Gasteiger partial charge is 0.251 e. The number of nitrogens with one attached hydrogen (secondary N) is 2. The van der Waals surface area contributed by atoms with Crippen LogP contribution in [-0.4, -0.2) is 24.4 Å². The van der Waals surface area contributed by atoms with Crippen molar-refractivity contribution in [2.45, 2.75) is 39.2 Å². The van der Waals surface area contributed by atoms with Crippen molar-refractivity contribution in [3.05, 3.63) is 41.5 Å². The van der Waals surface area contributed by atoms with Crippen LogP contribution in [0.15, 0.2) is 30.3 Å². The van der Waals surface area contributed by atoms with E-state index in [1.54, 1.807) is 18.2 Å². The van der Waals surface area contributed by atoms with Gasteiger partial charge in [-0.2, -0.15) is 0 Å². The molecule has 0 aromatic heterocycles. The normalized spacial score (nSPS) is 14.3. The van der Waals surface area contributed by atoms with Gasteiger partial charge in [0.25, 0.3) is 5.91 Å². The van der Waals surface area contributed by atoms with Crippen molar-refractivity contribution in [2.24, 2.45) is 5.92 Å². The molecular formula is C18H24N2O2. The van der Waals surface area contributed by atoms with Crippen LogP contribution in [0, 0.1) is 5.92 Å². The lowest BCUT2D eigenvalue weighted by molar-refractivity contribution is -0.116. The number of amides is 2. The van der Waals surface area contributed by atoms with Gasteiger partial charge in [0.2, 0.25) is 5.91 Å². The van der Waals surface area contributed by atoms with E-state index in [0.717, 1.165) is 24.8 Å². The molecule has 1 aromatic rings. The molecule has 2 rings (SSSR count). The van der Waals surface area contributed by atoms with E-state index < -0.39 is 0 Å². The molecule has 0 aliphatic heterocycles. The van der Waals surface area contributed by atoms with Crippen LogP contribution in [-0.2, 0) is 4.79 Å². The van der Waals surface area contributed by atoms with E-state index in [1.165, 1.54) is 6.08 Å². The number of carbonyl (C=O) groups excluding carboxylic acids is 2. The van der Waals surface area contributed by atoms with E-state index in [-0.39, 0.29) is 11.8 Å². The number of hydrogen-bond donors (Lipinski definition) is 2. The Labute approximate surface area is 132 Å². The van der Waals surface area contributed by atoms with Crippen molar-refractivity contribution in [3.8, 4) is 0 Å². The van der Waals surface area contributed by atoms with Gasteiger partial charge in [0, 0.05) is 24.2 Å². The largest absolute Gasteiger partial charge is 0.353 e. The van der Waals surface area contributed by atoms with E-state index in [1.807, 2.05) is 12.1 Å². The van der Waals surface area contributed by atoms with Gasteiger partial charge in [-0.15, -0.1) is 0 Å². The number of rotatable bonds is 7. The highest BCUT2D eigenvalue weighted by molar-refractivity contribution is 5.95. The first-order valence-corrected chi connectivity index (χ1v) is 7.91. The Kier molecular flexibility index (Phi) is 5.75. The minimum Gasteiger partial charge on any atom is -0.353 e. The Bertz CT molecular complexity index is 543. The third-order valence-corrected chi connectivity index (χ3v) is 3.53. The van der Waals surface area contributed by atoms with E-state index in [0.29, 0.717) is 24.1 Å². The third-order valence-electron chi connectivity index (χ3n) is 3.53. The van der Waals surface area contributed by atoms with Crippen LogP contribution in [0.3, 0.4) is 0 Å². The summed E-state index contributed by atoms with van der Waals surface area (Å²) in [7, 11) is 0. The maximum absolute atomic E-state index is 11.9. The lowest BCUT2D eigenvalue weighted by Crippen LogP contribution is -2.25. The molecule has 0 unspecified atom stereocenters. The Hall–Kier alpha value is -2.10. The second-order valence-corrected chi connectivity index (χ2v) is 6.18. The molecule has 22 heavy (non-hydrogen) atoms. The van der Waals surface area contributed by atoms with Gasteiger partial charge in [-0.05, 0) is 49.0 Å². The Morgan fingerprint density at radius 3 is 2.50 bits per heavy atom. The van der Waals surface area contributed by atoms with Gasteiger partial charge >= 0.3 is 0 Å². The summed E-state index contributed by atoms with van der Waals surface area (Å²) in [6.07, 6.45) is 6.42. The van der Waals surface area contributed by atoms with E-state index >= 15 is 0 Å². The second-order valence-electron chi connectivity index (χ2n) is 6.18. The molecule has 0 atom stereocenters. The van der Waals surface area contributed by atoms with Crippen LogP contribution >= 0.6 is 0 Å². The zero-order chi connectivity index (χ0) is 15.9. The zero-order valence-corrected chi connectivity index (χ0v) is 13.3. The molecule has 0 heterocycles. The fourth-order valence-corrected chi connectivity index (χ4v) is 1.96. The van der Waals surface area contributed by atoms with Crippen molar-refractivity contribution in [1.29, 1.82) is 0 Å². The van der Waals surface area contributed by atoms with E-state index in [4.69, 9.17) is 0 Å². The molecule has 1 aliphatic rings. The first-order chi connectivity index (χ1) is 10.5. The van der Waals surface area contributed by atoms with Crippen LogP contribution in [0.1, 0.15) is 49.0 Å². The molecule has 4 nitrogen and oxygen atoms in total. The van der Waals surface area contributed by atoms with Gasteiger partial charge in [-0.25, -0.2) is 0 Å². The summed E-state index contributed by atoms with van der Waals surface area (Å²) in [6.45, 7) is 4.95. The van der Waals surface area contributed by atoms with Crippen LogP contribution in [0.5, 0.6) is 0 Å². The molecule has 1 saturated carbocycles. The highest BCUT2D eigenvalue weighted by Gasteiger charge is 2.23. The fourth-order valence-electron chi connectivity index (χ4n) is 1.96. The fraction of sp³-hybridized carbons (Fsp3) is 0.444. The molecule has 118 valence electrons. The molecule has 1 fully saturated rings. The summed E-state index contributed by atoms with van der Waals surface area (Å²) in [5, 5.41) is 5.80. The number of benzene rings is 1. The maximum atomic E-state index is 11.9. The van der Waals surface area contributed by atoms with Gasteiger partial charge in [-0.1, -0.05) is 26.0 Å². The van der Waals surface area contributed by atoms with E-state index in [9.17, 15) is 9.59 Å². The minimum absolute atomic E-state index is 0.0236.